The summed E-state index contributed by atoms with van der Waals surface area (Å²) in [4.78, 5) is 14.8. The highest BCUT2D eigenvalue weighted by Gasteiger charge is 2.22. The average molecular weight is 356 g/mol. The maximum atomic E-state index is 12.3. The summed E-state index contributed by atoms with van der Waals surface area (Å²) in [5, 5.41) is 3.02. The Morgan fingerprint density at radius 3 is 2.85 bits per heavy atom. The Kier molecular flexibility index (Phi) is 6.34. The summed E-state index contributed by atoms with van der Waals surface area (Å²) in [5.74, 6) is 2.11. The third-order valence-electron chi connectivity index (χ3n) is 4.84. The van der Waals surface area contributed by atoms with Crippen LogP contribution in [0.4, 0.5) is 0 Å². The van der Waals surface area contributed by atoms with Crippen molar-refractivity contribution in [1.29, 1.82) is 0 Å². The van der Waals surface area contributed by atoms with Crippen molar-refractivity contribution in [3.05, 3.63) is 54.0 Å². The number of carbonyl (C=O) groups is 1. The third kappa shape index (κ3) is 5.11. The maximum absolute atomic E-state index is 12.3. The fourth-order valence-electron chi connectivity index (χ4n) is 3.31. The van der Waals surface area contributed by atoms with Crippen molar-refractivity contribution < 1.29 is 13.9 Å². The van der Waals surface area contributed by atoms with Crippen LogP contribution in [0.3, 0.4) is 0 Å². The molecule has 1 N–H and O–H groups in total. The highest BCUT2D eigenvalue weighted by Crippen LogP contribution is 2.18. The number of likely N-dealkylation sites (tertiary alicyclic amines) is 1. The summed E-state index contributed by atoms with van der Waals surface area (Å²) in [7, 11) is 0. The molecule has 1 amide bonds. The van der Waals surface area contributed by atoms with Gasteiger partial charge < -0.3 is 19.4 Å². The zero-order valence-corrected chi connectivity index (χ0v) is 15.6. The molecule has 1 aliphatic heterocycles. The molecule has 1 aromatic carbocycles. The van der Waals surface area contributed by atoms with Crippen LogP contribution in [0.1, 0.15) is 43.0 Å². The van der Waals surface area contributed by atoms with Gasteiger partial charge in [-0.15, -0.1) is 0 Å². The van der Waals surface area contributed by atoms with E-state index in [0.717, 1.165) is 25.3 Å². The Labute approximate surface area is 155 Å². The zero-order chi connectivity index (χ0) is 18.4. The van der Waals surface area contributed by atoms with Crippen LogP contribution >= 0.6 is 0 Å². The molecule has 140 valence electrons. The number of rotatable bonds is 7. The minimum Gasteiger partial charge on any atom is -0.486 e. The summed E-state index contributed by atoms with van der Waals surface area (Å²) in [5.41, 5.74) is 0. The molecule has 0 saturated carbocycles. The second kappa shape index (κ2) is 8.90. The lowest BCUT2D eigenvalue weighted by Gasteiger charge is -2.35. The van der Waals surface area contributed by atoms with Crippen LogP contribution in [0, 0.1) is 5.92 Å². The molecule has 0 bridgehead atoms. The van der Waals surface area contributed by atoms with Crippen LogP contribution in [0.15, 0.2) is 46.9 Å². The van der Waals surface area contributed by atoms with Crippen LogP contribution in [0.2, 0.25) is 0 Å². The first-order valence-electron chi connectivity index (χ1n) is 9.40. The first-order valence-corrected chi connectivity index (χ1v) is 9.40. The fraction of sp³-hybridized carbons (Fsp3) is 0.476. The van der Waals surface area contributed by atoms with E-state index in [1.807, 2.05) is 30.3 Å². The SMILES string of the molecule is CC(C)N1CCC[C@@H](CNC(=O)c2ccc(COc3ccccc3)o2)C1. The summed E-state index contributed by atoms with van der Waals surface area (Å²) in [6.45, 7) is 7.66. The molecule has 0 spiro atoms. The Hall–Kier alpha value is -2.27. The molecule has 1 atom stereocenters. The smallest absolute Gasteiger partial charge is 0.287 e. The fourth-order valence-corrected chi connectivity index (χ4v) is 3.31. The average Bonchev–Trinajstić information content (AvgIpc) is 3.15. The molecule has 1 aromatic heterocycles. The topological polar surface area (TPSA) is 54.7 Å². The zero-order valence-electron chi connectivity index (χ0n) is 15.6. The molecular weight excluding hydrogens is 328 g/mol. The molecule has 1 aliphatic rings. The van der Waals surface area contributed by atoms with Gasteiger partial charge in [0.15, 0.2) is 5.76 Å². The Morgan fingerprint density at radius 1 is 1.27 bits per heavy atom. The number of amides is 1. The highest BCUT2D eigenvalue weighted by atomic mass is 16.5. The number of para-hydroxylation sites is 1. The monoisotopic (exact) mass is 356 g/mol. The number of nitrogens with one attached hydrogen (secondary N) is 1. The second-order valence-corrected chi connectivity index (χ2v) is 7.17. The van der Waals surface area contributed by atoms with Crippen molar-refractivity contribution in [3.63, 3.8) is 0 Å². The lowest BCUT2D eigenvalue weighted by atomic mass is 9.97. The molecular formula is C21H28N2O3. The molecule has 3 rings (SSSR count). The number of carbonyl (C=O) groups excluding carboxylic acids is 1. The van der Waals surface area contributed by atoms with Gasteiger partial charge in [0.2, 0.25) is 0 Å². The molecule has 5 heteroatoms. The van der Waals surface area contributed by atoms with Crippen LogP contribution in [0.25, 0.3) is 0 Å². The number of nitrogens with zero attached hydrogens (tertiary/aromatic N) is 1. The van der Waals surface area contributed by atoms with Gasteiger partial charge in [-0.1, -0.05) is 18.2 Å². The number of piperidine rings is 1. The molecule has 0 radical (unpaired) electrons. The number of benzene rings is 1. The van der Waals surface area contributed by atoms with Crippen molar-refractivity contribution in [1.82, 2.24) is 10.2 Å². The third-order valence-corrected chi connectivity index (χ3v) is 4.84. The molecule has 2 heterocycles. The van der Waals surface area contributed by atoms with E-state index in [1.165, 1.54) is 6.42 Å². The van der Waals surface area contributed by atoms with Crippen molar-refractivity contribution in [3.8, 4) is 5.75 Å². The lowest BCUT2D eigenvalue weighted by Crippen LogP contribution is -2.43. The van der Waals surface area contributed by atoms with Gasteiger partial charge >= 0.3 is 0 Å². The standard InChI is InChI=1S/C21H28N2O3/c1-16(2)23-12-6-7-17(14-23)13-22-21(24)20-11-10-19(26-20)15-25-18-8-4-3-5-9-18/h3-5,8-11,16-17H,6-7,12-15H2,1-2H3,(H,22,24)/t17-/m0/s1. The normalized spacial score (nSPS) is 18.0. The number of ether oxygens (including phenoxy) is 1. The second-order valence-electron chi connectivity index (χ2n) is 7.17. The van der Waals surface area contributed by atoms with Crippen LogP contribution in [-0.2, 0) is 6.61 Å². The maximum Gasteiger partial charge on any atom is 0.287 e. The number of hydrogen-bond acceptors (Lipinski definition) is 4. The first-order chi connectivity index (χ1) is 12.6. The minimum absolute atomic E-state index is 0.155. The van der Waals surface area contributed by atoms with E-state index in [1.54, 1.807) is 12.1 Å². The summed E-state index contributed by atoms with van der Waals surface area (Å²) in [6.07, 6.45) is 2.36. The quantitative estimate of drug-likeness (QED) is 0.822. The minimum atomic E-state index is -0.155. The molecule has 5 nitrogen and oxygen atoms in total. The molecule has 26 heavy (non-hydrogen) atoms. The van der Waals surface area contributed by atoms with Gasteiger partial charge in [0.25, 0.3) is 5.91 Å². The molecule has 0 aliphatic carbocycles. The van der Waals surface area contributed by atoms with Crippen molar-refractivity contribution in [2.45, 2.75) is 39.3 Å². The van der Waals surface area contributed by atoms with E-state index >= 15 is 0 Å². The van der Waals surface area contributed by atoms with Crippen molar-refractivity contribution in [2.75, 3.05) is 19.6 Å². The molecule has 1 saturated heterocycles. The summed E-state index contributed by atoms with van der Waals surface area (Å²) >= 11 is 0. The Balaban J connectivity index is 1.46. The molecule has 1 fully saturated rings. The Morgan fingerprint density at radius 2 is 2.08 bits per heavy atom. The van der Waals surface area contributed by atoms with E-state index in [4.69, 9.17) is 9.15 Å². The summed E-state index contributed by atoms with van der Waals surface area (Å²) < 4.78 is 11.3. The predicted octanol–water partition coefficient (Wildman–Crippen LogP) is 3.71. The van der Waals surface area contributed by atoms with E-state index < -0.39 is 0 Å². The Bertz CT molecular complexity index is 696. The molecule has 0 unspecified atom stereocenters. The van der Waals surface area contributed by atoms with E-state index in [2.05, 4.69) is 24.1 Å². The van der Waals surface area contributed by atoms with Gasteiger partial charge in [0.05, 0.1) is 0 Å². The van der Waals surface area contributed by atoms with Gasteiger partial charge in [-0.3, -0.25) is 4.79 Å². The van der Waals surface area contributed by atoms with Crippen molar-refractivity contribution in [2.24, 2.45) is 5.92 Å². The van der Waals surface area contributed by atoms with E-state index in [0.29, 0.717) is 36.6 Å². The van der Waals surface area contributed by atoms with Crippen molar-refractivity contribution >= 4 is 5.91 Å². The number of hydrogen-bond donors (Lipinski definition) is 1. The van der Waals surface area contributed by atoms with Crippen LogP contribution < -0.4 is 10.1 Å². The molecule has 2 aromatic rings. The number of furan rings is 1. The first kappa shape index (κ1) is 18.5. The van der Waals surface area contributed by atoms with E-state index in [-0.39, 0.29) is 5.91 Å². The van der Waals surface area contributed by atoms with Gasteiger partial charge in [0, 0.05) is 19.1 Å². The van der Waals surface area contributed by atoms with Gasteiger partial charge in [0.1, 0.15) is 18.1 Å². The van der Waals surface area contributed by atoms with Crippen LogP contribution in [0.5, 0.6) is 5.75 Å². The van der Waals surface area contributed by atoms with Crippen LogP contribution in [-0.4, -0.2) is 36.5 Å². The van der Waals surface area contributed by atoms with Gasteiger partial charge in [-0.25, -0.2) is 0 Å². The van der Waals surface area contributed by atoms with E-state index in [9.17, 15) is 4.79 Å². The van der Waals surface area contributed by atoms with Gasteiger partial charge in [-0.2, -0.15) is 0 Å². The lowest BCUT2D eigenvalue weighted by molar-refractivity contribution is 0.0892. The summed E-state index contributed by atoms with van der Waals surface area (Å²) in [6, 6.07) is 13.6. The largest absolute Gasteiger partial charge is 0.486 e. The van der Waals surface area contributed by atoms with Gasteiger partial charge in [-0.05, 0) is 63.4 Å². The predicted molar refractivity (Wildman–Crippen MR) is 101 cm³/mol. The highest BCUT2D eigenvalue weighted by molar-refractivity contribution is 5.91.